The van der Waals surface area contributed by atoms with Crippen LogP contribution in [0.4, 0.5) is 0 Å². The number of fused-ring (bicyclic) bond motifs is 1. The molecule has 0 radical (unpaired) electrons. The van der Waals surface area contributed by atoms with E-state index in [2.05, 4.69) is 0 Å². The van der Waals surface area contributed by atoms with Gasteiger partial charge in [0.1, 0.15) is 6.10 Å². The molecule has 0 bridgehead atoms. The van der Waals surface area contributed by atoms with Gasteiger partial charge in [-0.2, -0.15) is 0 Å². The molecule has 1 spiro atoms. The molecular weight excluding hydrogens is 328 g/mol. The van der Waals surface area contributed by atoms with Crippen molar-refractivity contribution in [1.82, 2.24) is 0 Å². The molecule has 0 aromatic carbocycles. The highest BCUT2D eigenvalue weighted by Crippen LogP contribution is 2.54. The molecule has 0 amide bonds. The van der Waals surface area contributed by atoms with E-state index in [1.807, 2.05) is 0 Å². The van der Waals surface area contributed by atoms with Crippen LogP contribution in [0.25, 0.3) is 0 Å². The number of methoxy groups -OCH3 is 3. The normalized spacial score (nSPS) is 43.1. The van der Waals surface area contributed by atoms with Crippen LogP contribution in [0.1, 0.15) is 46.0 Å². The molecule has 1 aliphatic heterocycles. The molecule has 142 valence electrons. The number of hydrogen-bond donors (Lipinski definition) is 0. The van der Waals surface area contributed by atoms with Gasteiger partial charge in [-0.25, -0.2) is 0 Å². The van der Waals surface area contributed by atoms with Gasteiger partial charge in [0.2, 0.25) is 11.6 Å². The molecule has 0 unspecified atom stereocenters. The summed E-state index contributed by atoms with van der Waals surface area (Å²) in [5.74, 6) is -3.35. The summed E-state index contributed by atoms with van der Waals surface area (Å²) in [5.41, 5.74) is -0.715. The van der Waals surface area contributed by atoms with Gasteiger partial charge in [-0.3, -0.25) is 9.59 Å². The number of rotatable bonds is 3. The van der Waals surface area contributed by atoms with Crippen molar-refractivity contribution >= 4 is 11.8 Å². The third-order valence-electron chi connectivity index (χ3n) is 6.54. The second-order valence-corrected chi connectivity index (χ2v) is 7.53. The summed E-state index contributed by atoms with van der Waals surface area (Å²) in [6, 6.07) is 0. The Hall–Kier alpha value is -1.02. The van der Waals surface area contributed by atoms with Crippen LogP contribution in [-0.2, 0) is 33.3 Å². The van der Waals surface area contributed by atoms with E-state index in [4.69, 9.17) is 23.7 Å². The Labute approximate surface area is 148 Å². The molecule has 0 N–H and O–H groups in total. The second kappa shape index (κ2) is 6.30. The molecule has 2 saturated carbocycles. The molecule has 5 atom stereocenters. The lowest BCUT2D eigenvalue weighted by Gasteiger charge is -2.56. The molecule has 7 nitrogen and oxygen atoms in total. The minimum absolute atomic E-state index is 0.0712. The maximum Gasteiger partial charge on any atom is 0.309 e. The molecule has 3 fully saturated rings. The van der Waals surface area contributed by atoms with Crippen LogP contribution in [0, 0.1) is 11.3 Å². The van der Waals surface area contributed by atoms with Gasteiger partial charge in [-0.15, -0.1) is 0 Å². The summed E-state index contributed by atoms with van der Waals surface area (Å²) in [7, 11) is 4.36. The average Bonchev–Trinajstić information content (AvgIpc) is 3.10. The van der Waals surface area contributed by atoms with Gasteiger partial charge in [0.25, 0.3) is 0 Å². The molecule has 2 aliphatic carbocycles. The SMILES string of the molecule is COC(=O)[C@H]1C[C@H]2O[C@](C)(OC)[C@@](C)(OC)O[C@@H]2C(=O)C12CCCC2. The highest BCUT2D eigenvalue weighted by molar-refractivity contribution is 5.95. The smallest absolute Gasteiger partial charge is 0.309 e. The van der Waals surface area contributed by atoms with Crippen molar-refractivity contribution in [3.05, 3.63) is 0 Å². The summed E-state index contributed by atoms with van der Waals surface area (Å²) in [6.45, 7) is 3.41. The number of ketones is 1. The minimum Gasteiger partial charge on any atom is -0.469 e. The third-order valence-corrected chi connectivity index (χ3v) is 6.54. The summed E-state index contributed by atoms with van der Waals surface area (Å²) in [5, 5.41) is 0. The Kier molecular flexibility index (Phi) is 4.73. The van der Waals surface area contributed by atoms with E-state index in [1.165, 1.54) is 21.3 Å². The number of hydrogen-bond acceptors (Lipinski definition) is 7. The molecule has 1 heterocycles. The first kappa shape index (κ1) is 18.8. The molecule has 3 rings (SSSR count). The zero-order chi connectivity index (χ0) is 18.5. The summed E-state index contributed by atoms with van der Waals surface area (Å²) < 4.78 is 28.3. The Morgan fingerprint density at radius 1 is 1.04 bits per heavy atom. The standard InChI is InChI=1S/C18H28O7/c1-16(22-4)17(2,23-5)25-13-12(24-16)10-11(15(20)21-3)18(14(13)19)8-6-7-9-18/h11-13H,6-10H2,1-5H3/t11-,12-,13+,16+,17+/m1/s1. The molecule has 7 heteroatoms. The van der Waals surface area contributed by atoms with Crippen molar-refractivity contribution in [2.45, 2.75) is 69.7 Å². The van der Waals surface area contributed by atoms with Crippen molar-refractivity contribution in [1.29, 1.82) is 0 Å². The predicted octanol–water partition coefficient (Wildman–Crippen LogP) is 1.82. The highest BCUT2D eigenvalue weighted by Gasteiger charge is 2.66. The topological polar surface area (TPSA) is 80.3 Å². The second-order valence-electron chi connectivity index (χ2n) is 7.53. The van der Waals surface area contributed by atoms with E-state index in [-0.39, 0.29) is 11.8 Å². The fourth-order valence-electron chi connectivity index (χ4n) is 4.72. The molecule has 1 saturated heterocycles. The van der Waals surface area contributed by atoms with Crippen molar-refractivity contribution in [2.24, 2.45) is 11.3 Å². The van der Waals surface area contributed by atoms with E-state index in [0.717, 1.165) is 12.8 Å². The van der Waals surface area contributed by atoms with Crippen LogP contribution in [-0.4, -0.2) is 56.9 Å². The first-order valence-corrected chi connectivity index (χ1v) is 8.85. The molecule has 25 heavy (non-hydrogen) atoms. The van der Waals surface area contributed by atoms with E-state index in [9.17, 15) is 9.59 Å². The van der Waals surface area contributed by atoms with Crippen molar-refractivity contribution < 1.29 is 33.3 Å². The number of ether oxygens (including phenoxy) is 5. The molecule has 0 aromatic rings. The monoisotopic (exact) mass is 356 g/mol. The number of carbonyl (C=O) groups excluding carboxylic acids is 2. The van der Waals surface area contributed by atoms with Gasteiger partial charge >= 0.3 is 5.97 Å². The minimum atomic E-state index is -1.23. The van der Waals surface area contributed by atoms with Crippen LogP contribution in [0.5, 0.6) is 0 Å². The van der Waals surface area contributed by atoms with Gasteiger partial charge in [-0.1, -0.05) is 12.8 Å². The quantitative estimate of drug-likeness (QED) is 0.714. The number of Topliss-reactive ketones (excluding diaryl/α,β-unsaturated/α-hetero) is 1. The van der Waals surface area contributed by atoms with Crippen LogP contribution < -0.4 is 0 Å². The lowest BCUT2D eigenvalue weighted by molar-refractivity contribution is -0.446. The van der Waals surface area contributed by atoms with E-state index in [0.29, 0.717) is 19.3 Å². The lowest BCUT2D eigenvalue weighted by Crippen LogP contribution is -2.70. The number of carbonyl (C=O) groups is 2. The van der Waals surface area contributed by atoms with E-state index < -0.39 is 35.1 Å². The Morgan fingerprint density at radius 3 is 2.12 bits per heavy atom. The highest BCUT2D eigenvalue weighted by atomic mass is 16.8. The maximum atomic E-state index is 13.4. The van der Waals surface area contributed by atoms with Gasteiger partial charge < -0.3 is 23.7 Å². The zero-order valence-electron chi connectivity index (χ0n) is 15.6. The van der Waals surface area contributed by atoms with Crippen molar-refractivity contribution in [2.75, 3.05) is 21.3 Å². The van der Waals surface area contributed by atoms with Crippen LogP contribution in [0.2, 0.25) is 0 Å². The molecule has 0 aromatic heterocycles. The fraction of sp³-hybridized carbons (Fsp3) is 0.889. The van der Waals surface area contributed by atoms with Crippen molar-refractivity contribution in [3.63, 3.8) is 0 Å². The van der Waals surface area contributed by atoms with Crippen molar-refractivity contribution in [3.8, 4) is 0 Å². The number of esters is 1. The average molecular weight is 356 g/mol. The van der Waals surface area contributed by atoms with Gasteiger partial charge in [-0.05, 0) is 33.1 Å². The lowest BCUT2D eigenvalue weighted by atomic mass is 9.62. The first-order valence-electron chi connectivity index (χ1n) is 8.85. The zero-order valence-corrected chi connectivity index (χ0v) is 15.6. The summed E-state index contributed by atoms with van der Waals surface area (Å²) in [4.78, 5) is 25.8. The Balaban J connectivity index is 1.98. The third kappa shape index (κ3) is 2.55. The first-order chi connectivity index (χ1) is 11.8. The predicted molar refractivity (Wildman–Crippen MR) is 86.6 cm³/mol. The van der Waals surface area contributed by atoms with Crippen LogP contribution in [0.15, 0.2) is 0 Å². The molecular formula is C18H28O7. The van der Waals surface area contributed by atoms with Crippen LogP contribution >= 0.6 is 0 Å². The molecule has 3 aliphatic rings. The largest absolute Gasteiger partial charge is 0.469 e. The maximum absolute atomic E-state index is 13.4. The van der Waals surface area contributed by atoms with Gasteiger partial charge in [0.15, 0.2) is 5.78 Å². The van der Waals surface area contributed by atoms with E-state index >= 15 is 0 Å². The van der Waals surface area contributed by atoms with Crippen LogP contribution in [0.3, 0.4) is 0 Å². The Bertz CT molecular complexity index is 556. The summed E-state index contributed by atoms with van der Waals surface area (Å²) >= 11 is 0. The van der Waals surface area contributed by atoms with Gasteiger partial charge in [0.05, 0.1) is 19.1 Å². The summed E-state index contributed by atoms with van der Waals surface area (Å²) in [6.07, 6.45) is 2.25. The van der Waals surface area contributed by atoms with E-state index in [1.54, 1.807) is 13.8 Å². The fourth-order valence-corrected chi connectivity index (χ4v) is 4.72. The van der Waals surface area contributed by atoms with Gasteiger partial charge in [0, 0.05) is 19.6 Å². The Morgan fingerprint density at radius 2 is 1.60 bits per heavy atom.